The molecule has 194 valence electrons. The Kier molecular flexibility index (Phi) is 6.34. The second kappa shape index (κ2) is 9.20. The third-order valence-corrected chi connectivity index (χ3v) is 9.19. The van der Waals surface area contributed by atoms with Crippen LogP contribution in [0, 0.1) is 0 Å². The number of piperidine rings is 1. The lowest BCUT2D eigenvalue weighted by molar-refractivity contribution is 0.256. The summed E-state index contributed by atoms with van der Waals surface area (Å²) < 4.78 is 33.7. The fourth-order valence-corrected chi connectivity index (χ4v) is 6.36. The number of hydrogen-bond donors (Lipinski definition) is 4. The number of nitrogens with zero attached hydrogens (tertiary/aromatic N) is 3. The smallest absolute Gasteiger partial charge is 0.202 e. The molecule has 3 aliphatic rings. The van der Waals surface area contributed by atoms with Crippen LogP contribution in [0.25, 0.3) is 0 Å². The molecule has 2 unspecified atom stereocenters. The molecule has 36 heavy (non-hydrogen) atoms. The molecule has 0 saturated carbocycles. The van der Waals surface area contributed by atoms with Gasteiger partial charge < -0.3 is 20.7 Å². The number of fused-ring (bicyclic) bond motifs is 1. The maximum Gasteiger partial charge on any atom is 0.202 e. The van der Waals surface area contributed by atoms with E-state index in [1.54, 1.807) is 39.4 Å². The molecule has 2 aromatic rings. The van der Waals surface area contributed by atoms with E-state index < -0.39 is 20.8 Å². The molecule has 2 atom stereocenters. The fraction of sp³-hybridized carbons (Fsp3) is 0.520. The van der Waals surface area contributed by atoms with Gasteiger partial charge in [0.2, 0.25) is 5.96 Å². The van der Waals surface area contributed by atoms with Crippen LogP contribution in [0.15, 0.2) is 40.6 Å². The van der Waals surface area contributed by atoms with Gasteiger partial charge in [0.25, 0.3) is 0 Å². The van der Waals surface area contributed by atoms with Crippen molar-refractivity contribution >= 4 is 21.5 Å². The second-order valence-electron chi connectivity index (χ2n) is 10.2. The highest BCUT2D eigenvalue weighted by Gasteiger charge is 2.38. The molecule has 0 spiro atoms. The molecular weight excluding hydrogens is 478 g/mol. The number of anilines is 1. The number of guanidine groups is 1. The van der Waals surface area contributed by atoms with Crippen LogP contribution >= 0.6 is 0 Å². The Bertz CT molecular complexity index is 1330. The molecule has 0 bridgehead atoms. The Labute approximate surface area is 212 Å². The average molecular weight is 514 g/mol. The van der Waals surface area contributed by atoms with Crippen LogP contribution in [0.5, 0.6) is 5.75 Å². The highest BCUT2D eigenvalue weighted by atomic mass is 32.2. The highest BCUT2D eigenvalue weighted by molar-refractivity contribution is 7.92. The highest BCUT2D eigenvalue weighted by Crippen LogP contribution is 2.43. The number of hydrogen-bond acceptors (Lipinski definition) is 9. The Balaban J connectivity index is 1.48. The summed E-state index contributed by atoms with van der Waals surface area (Å²) in [5, 5.41) is 13.4. The van der Waals surface area contributed by atoms with Gasteiger partial charge in [0, 0.05) is 31.4 Å². The second-order valence-corrected chi connectivity index (χ2v) is 12.6. The number of sulfone groups is 1. The van der Waals surface area contributed by atoms with Crippen LogP contribution in [-0.4, -0.2) is 48.6 Å². The fourth-order valence-electron chi connectivity index (χ4n) is 5.15. The van der Waals surface area contributed by atoms with Crippen molar-refractivity contribution in [2.45, 2.75) is 68.0 Å². The van der Waals surface area contributed by atoms with Crippen LogP contribution in [-0.2, 0) is 29.0 Å². The van der Waals surface area contributed by atoms with Gasteiger partial charge in [-0.15, -0.1) is 0 Å². The summed E-state index contributed by atoms with van der Waals surface area (Å²) in [6, 6.07) is 4.23. The Morgan fingerprint density at radius 1 is 1.28 bits per heavy atom. The third-order valence-electron chi connectivity index (χ3n) is 7.11. The van der Waals surface area contributed by atoms with Gasteiger partial charge in [-0.05, 0) is 70.3 Å². The first kappa shape index (κ1) is 24.8. The Morgan fingerprint density at radius 3 is 2.75 bits per heavy atom. The van der Waals surface area contributed by atoms with Gasteiger partial charge in [-0.25, -0.2) is 13.4 Å². The van der Waals surface area contributed by atoms with E-state index in [1.807, 2.05) is 6.07 Å². The Morgan fingerprint density at radius 2 is 2.03 bits per heavy atom. The summed E-state index contributed by atoms with van der Waals surface area (Å²) >= 11 is 0. The minimum Gasteiger partial charge on any atom is -0.488 e. The largest absolute Gasteiger partial charge is 0.488 e. The molecule has 0 amide bonds. The van der Waals surface area contributed by atoms with Crippen LogP contribution in [0.1, 0.15) is 56.2 Å². The number of ether oxygens (including phenoxy) is 1. The SMILES string of the molecule is CC1Cc2c(C3CCNCC3)ccc(NC3=NC(N)(c4cn(C)nc4S(=O)(=O)C(C)C)C=CN3)c2O1. The standard InChI is InChI=1S/C25H35N7O3S/c1-15(2)36(33,34)23-20(14-32(4)31-23)25(26)9-12-28-24(30-25)29-21-6-5-18(17-7-10-27-11-8-17)19-13-16(3)35-22(19)21/h5-6,9,12,14-17,27H,7-8,10-11,13,26H2,1-4H3,(H2,28,29,30). The molecule has 1 aromatic heterocycles. The average Bonchev–Trinajstić information content (AvgIpc) is 3.43. The van der Waals surface area contributed by atoms with E-state index in [0.717, 1.165) is 43.8 Å². The summed E-state index contributed by atoms with van der Waals surface area (Å²) in [5.74, 6) is 1.78. The number of nitrogens with one attached hydrogen (secondary N) is 3. The molecule has 0 aliphatic carbocycles. The van der Waals surface area contributed by atoms with E-state index in [0.29, 0.717) is 17.4 Å². The van der Waals surface area contributed by atoms with Crippen LogP contribution in [0.2, 0.25) is 0 Å². The lowest BCUT2D eigenvalue weighted by Crippen LogP contribution is -2.42. The Hall–Kier alpha value is -2.89. The predicted octanol–water partition coefficient (Wildman–Crippen LogP) is 2.09. The van der Waals surface area contributed by atoms with Gasteiger partial charge in [-0.1, -0.05) is 6.07 Å². The summed E-state index contributed by atoms with van der Waals surface area (Å²) in [6.07, 6.45) is 8.12. The van der Waals surface area contributed by atoms with Gasteiger partial charge in [0.1, 0.15) is 11.9 Å². The number of nitrogens with two attached hydrogens (primary N) is 1. The van der Waals surface area contributed by atoms with Gasteiger partial charge in [0.15, 0.2) is 20.5 Å². The molecule has 5 N–H and O–H groups in total. The summed E-state index contributed by atoms with van der Waals surface area (Å²) in [5.41, 5.74) is 9.02. The molecule has 1 fully saturated rings. The van der Waals surface area contributed by atoms with Crippen molar-refractivity contribution in [1.29, 1.82) is 0 Å². The quantitative estimate of drug-likeness (QED) is 0.477. The van der Waals surface area contributed by atoms with E-state index in [-0.39, 0.29) is 11.1 Å². The molecular formula is C25H35N7O3S. The summed E-state index contributed by atoms with van der Waals surface area (Å²) in [4.78, 5) is 4.69. The van der Waals surface area contributed by atoms with E-state index in [1.165, 1.54) is 15.8 Å². The first-order valence-electron chi connectivity index (χ1n) is 12.5. The van der Waals surface area contributed by atoms with Crippen molar-refractivity contribution in [1.82, 2.24) is 20.4 Å². The minimum atomic E-state index is -3.66. The third kappa shape index (κ3) is 4.39. The van der Waals surface area contributed by atoms with Crippen molar-refractivity contribution in [3.05, 3.63) is 47.3 Å². The van der Waals surface area contributed by atoms with E-state index in [2.05, 4.69) is 39.0 Å². The van der Waals surface area contributed by atoms with E-state index in [4.69, 9.17) is 10.5 Å². The summed E-state index contributed by atoms with van der Waals surface area (Å²) in [7, 11) is -1.99. The zero-order chi connectivity index (χ0) is 25.7. The van der Waals surface area contributed by atoms with Crippen molar-refractivity contribution < 1.29 is 13.2 Å². The number of rotatable bonds is 5. The molecule has 1 aromatic carbocycles. The number of aliphatic imine (C=N–C) groups is 1. The van der Waals surface area contributed by atoms with Gasteiger partial charge >= 0.3 is 0 Å². The first-order chi connectivity index (χ1) is 17.1. The topological polar surface area (TPSA) is 136 Å². The number of aryl methyl sites for hydroxylation is 1. The lowest BCUT2D eigenvalue weighted by atomic mass is 9.85. The van der Waals surface area contributed by atoms with Crippen molar-refractivity contribution in [3.8, 4) is 5.75 Å². The van der Waals surface area contributed by atoms with Crippen molar-refractivity contribution in [3.63, 3.8) is 0 Å². The zero-order valence-electron chi connectivity index (χ0n) is 21.2. The zero-order valence-corrected chi connectivity index (χ0v) is 22.0. The molecule has 11 heteroatoms. The minimum absolute atomic E-state index is 0.0541. The molecule has 1 saturated heterocycles. The molecule has 3 aliphatic heterocycles. The van der Waals surface area contributed by atoms with Crippen LogP contribution < -0.4 is 26.4 Å². The van der Waals surface area contributed by atoms with Gasteiger partial charge in [0.05, 0.1) is 16.5 Å². The molecule has 4 heterocycles. The molecule has 0 radical (unpaired) electrons. The molecule has 5 rings (SSSR count). The normalized spacial score (nSPS) is 24.3. The summed E-state index contributed by atoms with van der Waals surface area (Å²) in [6.45, 7) is 7.40. The van der Waals surface area contributed by atoms with Crippen LogP contribution in [0.4, 0.5) is 5.69 Å². The lowest BCUT2D eigenvalue weighted by Gasteiger charge is -2.28. The molecule has 10 nitrogen and oxygen atoms in total. The number of aromatic nitrogens is 2. The monoisotopic (exact) mass is 513 g/mol. The van der Waals surface area contributed by atoms with Gasteiger partial charge in [-0.2, -0.15) is 5.10 Å². The van der Waals surface area contributed by atoms with Crippen molar-refractivity contribution in [2.24, 2.45) is 17.8 Å². The number of benzene rings is 1. The van der Waals surface area contributed by atoms with Crippen LogP contribution in [0.3, 0.4) is 0 Å². The van der Waals surface area contributed by atoms with E-state index in [9.17, 15) is 8.42 Å². The predicted molar refractivity (Wildman–Crippen MR) is 140 cm³/mol. The first-order valence-corrected chi connectivity index (χ1v) is 14.0. The van der Waals surface area contributed by atoms with Crippen molar-refractivity contribution in [2.75, 3.05) is 18.4 Å². The van der Waals surface area contributed by atoms with Gasteiger partial charge in [-0.3, -0.25) is 10.4 Å². The maximum absolute atomic E-state index is 13.0. The maximum atomic E-state index is 13.0. The van der Waals surface area contributed by atoms with E-state index >= 15 is 0 Å².